The average molecular weight is 177 g/mol. The van der Waals surface area contributed by atoms with Gasteiger partial charge in [-0.15, -0.1) is 11.6 Å². The van der Waals surface area contributed by atoms with Crippen LogP contribution >= 0.6 is 11.6 Å². The van der Waals surface area contributed by atoms with E-state index in [-0.39, 0.29) is 0 Å². The van der Waals surface area contributed by atoms with E-state index in [1.165, 1.54) is 6.08 Å². The zero-order valence-electron chi connectivity index (χ0n) is 6.42. The summed E-state index contributed by atoms with van der Waals surface area (Å²) in [6, 6.07) is 0. The molecule has 3 heteroatoms. The molecule has 0 radical (unpaired) electrons. The first kappa shape index (κ1) is 10.5. The molecule has 0 aliphatic carbocycles. The van der Waals surface area contributed by atoms with Gasteiger partial charge in [0, 0.05) is 12.0 Å². The van der Waals surface area contributed by atoms with E-state index in [1.807, 2.05) is 0 Å². The number of unbranched alkanes of at least 4 members (excludes halogenated alkanes) is 3. The third-order valence-corrected chi connectivity index (χ3v) is 1.53. The molecule has 1 N–H and O–H groups in total. The Labute approximate surface area is 71.9 Å². The van der Waals surface area contributed by atoms with Crippen LogP contribution < -0.4 is 0 Å². The fourth-order valence-electron chi connectivity index (χ4n) is 0.718. The first-order valence-corrected chi connectivity index (χ1v) is 4.26. The normalized spacial score (nSPS) is 10.6. The molecule has 64 valence electrons. The fourth-order valence-corrected chi connectivity index (χ4v) is 0.907. The van der Waals surface area contributed by atoms with E-state index in [4.69, 9.17) is 16.7 Å². The van der Waals surface area contributed by atoms with E-state index in [2.05, 4.69) is 0 Å². The standard InChI is InChI=1S/C8H13ClO2/c9-7-5-3-1-2-4-6-8(10)11/h4,6H,1-3,5,7H2,(H,10,11). The molecule has 0 fully saturated rings. The van der Waals surface area contributed by atoms with Crippen LogP contribution in [0.3, 0.4) is 0 Å². The van der Waals surface area contributed by atoms with Gasteiger partial charge in [0.2, 0.25) is 0 Å². The quantitative estimate of drug-likeness (QED) is 0.384. The molecular weight excluding hydrogens is 164 g/mol. The number of rotatable bonds is 6. The van der Waals surface area contributed by atoms with Crippen LogP contribution in [0.25, 0.3) is 0 Å². The molecule has 0 aliphatic rings. The second-order valence-corrected chi connectivity index (χ2v) is 2.66. The first-order chi connectivity index (χ1) is 5.27. The van der Waals surface area contributed by atoms with Crippen molar-refractivity contribution in [3.05, 3.63) is 12.2 Å². The lowest BCUT2D eigenvalue weighted by atomic mass is 10.2. The average Bonchev–Trinajstić information content (AvgIpc) is 1.96. The first-order valence-electron chi connectivity index (χ1n) is 3.73. The molecule has 0 atom stereocenters. The lowest BCUT2D eigenvalue weighted by Crippen LogP contribution is -1.85. The third kappa shape index (κ3) is 9.50. The summed E-state index contributed by atoms with van der Waals surface area (Å²) < 4.78 is 0. The summed E-state index contributed by atoms with van der Waals surface area (Å²) in [5.41, 5.74) is 0. The topological polar surface area (TPSA) is 37.3 Å². The highest BCUT2D eigenvalue weighted by Gasteiger charge is 1.86. The van der Waals surface area contributed by atoms with Gasteiger partial charge in [0.15, 0.2) is 0 Å². The van der Waals surface area contributed by atoms with Crippen molar-refractivity contribution in [1.29, 1.82) is 0 Å². The highest BCUT2D eigenvalue weighted by atomic mass is 35.5. The second-order valence-electron chi connectivity index (χ2n) is 2.28. The SMILES string of the molecule is O=C(O)C=CCCCCCCl. The third-order valence-electron chi connectivity index (χ3n) is 1.26. The van der Waals surface area contributed by atoms with Crippen LogP contribution in [-0.2, 0) is 4.79 Å². The largest absolute Gasteiger partial charge is 0.478 e. The zero-order chi connectivity index (χ0) is 8.53. The molecule has 0 spiro atoms. The minimum Gasteiger partial charge on any atom is -0.478 e. The molecule has 0 saturated carbocycles. The lowest BCUT2D eigenvalue weighted by Gasteiger charge is -1.91. The predicted octanol–water partition coefficient (Wildman–Crippen LogP) is 2.43. The summed E-state index contributed by atoms with van der Waals surface area (Å²) in [6.45, 7) is 0. The number of alkyl halides is 1. The molecule has 0 aliphatic heterocycles. The van der Waals surface area contributed by atoms with Gasteiger partial charge in [0.1, 0.15) is 0 Å². The van der Waals surface area contributed by atoms with Crippen molar-refractivity contribution in [2.45, 2.75) is 25.7 Å². The molecule has 0 rings (SSSR count). The molecule has 2 nitrogen and oxygen atoms in total. The van der Waals surface area contributed by atoms with Crippen molar-refractivity contribution >= 4 is 17.6 Å². The van der Waals surface area contributed by atoms with Crippen LogP contribution in [0.15, 0.2) is 12.2 Å². The van der Waals surface area contributed by atoms with Crippen molar-refractivity contribution in [1.82, 2.24) is 0 Å². The van der Waals surface area contributed by atoms with E-state index in [1.54, 1.807) is 6.08 Å². The van der Waals surface area contributed by atoms with Crippen LogP contribution in [-0.4, -0.2) is 17.0 Å². The number of allylic oxidation sites excluding steroid dienone is 1. The van der Waals surface area contributed by atoms with E-state index < -0.39 is 5.97 Å². The molecule has 0 amide bonds. The van der Waals surface area contributed by atoms with Crippen LogP contribution in [0.1, 0.15) is 25.7 Å². The molecular formula is C8H13ClO2. The van der Waals surface area contributed by atoms with Crippen molar-refractivity contribution < 1.29 is 9.90 Å². The highest BCUT2D eigenvalue weighted by Crippen LogP contribution is 2.01. The van der Waals surface area contributed by atoms with E-state index in [0.717, 1.165) is 25.7 Å². The Morgan fingerprint density at radius 3 is 2.64 bits per heavy atom. The highest BCUT2D eigenvalue weighted by molar-refractivity contribution is 6.17. The lowest BCUT2D eigenvalue weighted by molar-refractivity contribution is -0.131. The number of hydrogen-bond donors (Lipinski definition) is 1. The Balaban J connectivity index is 3.07. The molecule has 0 aromatic heterocycles. The summed E-state index contributed by atoms with van der Waals surface area (Å²) >= 11 is 5.45. The minimum absolute atomic E-state index is 0.697. The Kier molecular flexibility index (Phi) is 7.26. The molecule has 0 saturated heterocycles. The van der Waals surface area contributed by atoms with E-state index in [9.17, 15) is 4.79 Å². The van der Waals surface area contributed by atoms with Gasteiger partial charge in [0.05, 0.1) is 0 Å². The maximum atomic E-state index is 9.98. The van der Waals surface area contributed by atoms with Crippen molar-refractivity contribution in [3.8, 4) is 0 Å². The van der Waals surface area contributed by atoms with E-state index in [0.29, 0.717) is 5.88 Å². The van der Waals surface area contributed by atoms with Crippen LogP contribution in [0.4, 0.5) is 0 Å². The maximum absolute atomic E-state index is 9.98. The molecule has 0 aromatic rings. The Bertz CT molecular complexity index is 132. The maximum Gasteiger partial charge on any atom is 0.327 e. The number of aliphatic carboxylic acids is 1. The van der Waals surface area contributed by atoms with Crippen LogP contribution in [0.2, 0.25) is 0 Å². The molecule has 11 heavy (non-hydrogen) atoms. The van der Waals surface area contributed by atoms with Gasteiger partial charge in [-0.25, -0.2) is 4.79 Å². The smallest absolute Gasteiger partial charge is 0.327 e. The number of halogens is 1. The molecule has 0 aromatic carbocycles. The zero-order valence-corrected chi connectivity index (χ0v) is 7.18. The Hall–Kier alpha value is -0.500. The van der Waals surface area contributed by atoms with E-state index >= 15 is 0 Å². The van der Waals surface area contributed by atoms with Gasteiger partial charge >= 0.3 is 5.97 Å². The summed E-state index contributed by atoms with van der Waals surface area (Å²) in [5.74, 6) is -0.176. The Morgan fingerprint density at radius 2 is 2.09 bits per heavy atom. The summed E-state index contributed by atoms with van der Waals surface area (Å²) in [4.78, 5) is 9.98. The number of carboxylic acid groups (broad SMARTS) is 1. The van der Waals surface area contributed by atoms with Crippen LogP contribution in [0, 0.1) is 0 Å². The molecule has 0 heterocycles. The number of hydrogen-bond acceptors (Lipinski definition) is 1. The van der Waals surface area contributed by atoms with Gasteiger partial charge in [-0.2, -0.15) is 0 Å². The number of carboxylic acids is 1. The van der Waals surface area contributed by atoms with Crippen LogP contribution in [0.5, 0.6) is 0 Å². The van der Waals surface area contributed by atoms with Crippen molar-refractivity contribution in [3.63, 3.8) is 0 Å². The van der Waals surface area contributed by atoms with Crippen molar-refractivity contribution in [2.75, 3.05) is 5.88 Å². The summed E-state index contributed by atoms with van der Waals surface area (Å²) in [5, 5.41) is 8.21. The summed E-state index contributed by atoms with van der Waals surface area (Å²) in [7, 11) is 0. The van der Waals surface area contributed by atoms with Gasteiger partial charge in [0.25, 0.3) is 0 Å². The van der Waals surface area contributed by atoms with Crippen molar-refractivity contribution in [2.24, 2.45) is 0 Å². The summed E-state index contributed by atoms with van der Waals surface area (Å²) in [6.07, 6.45) is 6.81. The van der Waals surface area contributed by atoms with Gasteiger partial charge in [-0.1, -0.05) is 12.5 Å². The minimum atomic E-state index is -0.873. The van der Waals surface area contributed by atoms with Gasteiger partial charge in [-0.05, 0) is 19.3 Å². The fraction of sp³-hybridized carbons (Fsp3) is 0.625. The second kappa shape index (κ2) is 7.61. The predicted molar refractivity (Wildman–Crippen MR) is 46.0 cm³/mol. The van der Waals surface area contributed by atoms with Gasteiger partial charge in [-0.3, -0.25) is 0 Å². The monoisotopic (exact) mass is 176 g/mol. The number of carbonyl (C=O) groups is 1. The van der Waals surface area contributed by atoms with Gasteiger partial charge < -0.3 is 5.11 Å². The molecule has 0 bridgehead atoms. The molecule has 0 unspecified atom stereocenters. The Morgan fingerprint density at radius 1 is 1.36 bits per heavy atom.